The molecule has 0 saturated carbocycles. The highest BCUT2D eigenvalue weighted by atomic mass is 15.2. The molecule has 110 valence electrons. The fourth-order valence-corrected chi connectivity index (χ4v) is 3.66. The molecule has 0 bridgehead atoms. The normalized spacial score (nSPS) is 23.9. The minimum Gasteiger partial charge on any atom is -0.312 e. The maximum atomic E-state index is 3.47. The summed E-state index contributed by atoms with van der Waals surface area (Å²) in [6.45, 7) is 5.74. The second kappa shape index (κ2) is 6.25. The molecule has 1 saturated heterocycles. The highest BCUT2D eigenvalue weighted by molar-refractivity contribution is 5.37. The van der Waals surface area contributed by atoms with Crippen molar-refractivity contribution < 1.29 is 0 Å². The minimum atomic E-state index is 0.714. The summed E-state index contributed by atoms with van der Waals surface area (Å²) < 4.78 is 0. The van der Waals surface area contributed by atoms with E-state index in [-0.39, 0.29) is 0 Å². The first-order valence-electron chi connectivity index (χ1n) is 7.93. The summed E-state index contributed by atoms with van der Waals surface area (Å²) in [6, 6.07) is 7.54. The second-order valence-corrected chi connectivity index (χ2v) is 6.46. The molecule has 3 heteroatoms. The molecule has 1 aromatic carbocycles. The molecule has 0 radical (unpaired) electrons. The molecule has 20 heavy (non-hydrogen) atoms. The van der Waals surface area contributed by atoms with Crippen LogP contribution in [0.2, 0.25) is 0 Å². The van der Waals surface area contributed by atoms with Crippen LogP contribution in [0.3, 0.4) is 0 Å². The van der Waals surface area contributed by atoms with Crippen molar-refractivity contribution >= 4 is 0 Å². The molecule has 0 amide bonds. The van der Waals surface area contributed by atoms with Gasteiger partial charge in [0.1, 0.15) is 0 Å². The first kappa shape index (κ1) is 14.1. The predicted octanol–water partition coefficient (Wildman–Crippen LogP) is 1.86. The van der Waals surface area contributed by atoms with Gasteiger partial charge >= 0.3 is 0 Å². The van der Waals surface area contributed by atoms with Gasteiger partial charge in [-0.1, -0.05) is 18.2 Å². The summed E-state index contributed by atoms with van der Waals surface area (Å²) in [5.41, 5.74) is 4.64. The van der Waals surface area contributed by atoms with Crippen LogP contribution in [0.15, 0.2) is 18.2 Å². The van der Waals surface area contributed by atoms with E-state index in [2.05, 4.69) is 47.4 Å². The summed E-state index contributed by atoms with van der Waals surface area (Å²) in [4.78, 5) is 5.03. The SMILES string of the molecule is CN1CCCC(N(C)Cc2cccc3c2CCNC3)C1. The summed E-state index contributed by atoms with van der Waals surface area (Å²) in [7, 11) is 4.54. The summed E-state index contributed by atoms with van der Waals surface area (Å²) in [5.74, 6) is 0. The van der Waals surface area contributed by atoms with Gasteiger partial charge in [-0.3, -0.25) is 4.90 Å². The number of nitrogens with zero attached hydrogens (tertiary/aromatic N) is 2. The van der Waals surface area contributed by atoms with Crippen molar-refractivity contribution in [3.63, 3.8) is 0 Å². The highest BCUT2D eigenvalue weighted by Gasteiger charge is 2.22. The first-order valence-corrected chi connectivity index (χ1v) is 7.93. The van der Waals surface area contributed by atoms with Crippen molar-refractivity contribution in [3.8, 4) is 0 Å². The van der Waals surface area contributed by atoms with Crippen LogP contribution >= 0.6 is 0 Å². The molecule has 2 aliphatic rings. The zero-order valence-corrected chi connectivity index (χ0v) is 12.9. The van der Waals surface area contributed by atoms with Gasteiger partial charge in [-0.25, -0.2) is 0 Å². The second-order valence-electron chi connectivity index (χ2n) is 6.46. The quantitative estimate of drug-likeness (QED) is 0.907. The van der Waals surface area contributed by atoms with Crippen molar-refractivity contribution in [2.75, 3.05) is 33.7 Å². The standard InChI is InChI=1S/C17H27N3/c1-19-10-4-7-16(13-19)20(2)12-15-6-3-5-14-11-18-9-8-17(14)15/h3,5-6,16,18H,4,7-13H2,1-2H3. The van der Waals surface area contributed by atoms with E-state index in [1.165, 1.54) is 37.9 Å². The Morgan fingerprint density at radius 1 is 1.40 bits per heavy atom. The Labute approximate surface area is 123 Å². The molecule has 1 aromatic rings. The van der Waals surface area contributed by atoms with Crippen LogP contribution in [-0.4, -0.2) is 49.6 Å². The Kier molecular flexibility index (Phi) is 4.39. The summed E-state index contributed by atoms with van der Waals surface area (Å²) in [5, 5.41) is 3.47. The van der Waals surface area contributed by atoms with E-state index in [4.69, 9.17) is 0 Å². The average Bonchev–Trinajstić information content (AvgIpc) is 2.47. The van der Waals surface area contributed by atoms with Crippen molar-refractivity contribution in [3.05, 3.63) is 34.9 Å². The van der Waals surface area contributed by atoms with Crippen molar-refractivity contribution in [2.45, 2.75) is 38.4 Å². The average molecular weight is 273 g/mol. The molecule has 2 aliphatic heterocycles. The number of likely N-dealkylation sites (tertiary alicyclic amines) is 1. The molecule has 1 atom stereocenters. The third kappa shape index (κ3) is 3.05. The lowest BCUT2D eigenvalue weighted by atomic mass is 9.94. The third-order valence-corrected chi connectivity index (χ3v) is 4.88. The van der Waals surface area contributed by atoms with Crippen LogP contribution in [0.25, 0.3) is 0 Å². The Morgan fingerprint density at radius 3 is 3.15 bits per heavy atom. The largest absolute Gasteiger partial charge is 0.312 e. The Bertz CT molecular complexity index is 458. The van der Waals surface area contributed by atoms with Crippen molar-refractivity contribution in [1.82, 2.24) is 15.1 Å². The third-order valence-electron chi connectivity index (χ3n) is 4.88. The number of nitrogens with one attached hydrogen (secondary N) is 1. The van der Waals surface area contributed by atoms with Gasteiger partial charge in [0.25, 0.3) is 0 Å². The molecule has 3 rings (SSSR count). The van der Waals surface area contributed by atoms with Gasteiger partial charge in [0.15, 0.2) is 0 Å². The number of piperidine rings is 1. The zero-order chi connectivity index (χ0) is 13.9. The Hall–Kier alpha value is -0.900. The van der Waals surface area contributed by atoms with Crippen LogP contribution in [0.4, 0.5) is 0 Å². The van der Waals surface area contributed by atoms with Crippen LogP contribution in [0.5, 0.6) is 0 Å². The minimum absolute atomic E-state index is 0.714. The number of rotatable bonds is 3. The predicted molar refractivity (Wildman–Crippen MR) is 83.8 cm³/mol. The van der Waals surface area contributed by atoms with Gasteiger partial charge in [-0.15, -0.1) is 0 Å². The molecule has 0 spiro atoms. The lowest BCUT2D eigenvalue weighted by Gasteiger charge is -2.36. The zero-order valence-electron chi connectivity index (χ0n) is 12.9. The van der Waals surface area contributed by atoms with E-state index < -0.39 is 0 Å². The summed E-state index contributed by atoms with van der Waals surface area (Å²) >= 11 is 0. The van der Waals surface area contributed by atoms with E-state index in [0.717, 1.165) is 19.6 Å². The molecule has 2 heterocycles. The van der Waals surface area contributed by atoms with E-state index in [9.17, 15) is 0 Å². The van der Waals surface area contributed by atoms with E-state index in [1.807, 2.05) is 0 Å². The van der Waals surface area contributed by atoms with E-state index in [0.29, 0.717) is 6.04 Å². The molecule has 1 unspecified atom stereocenters. The van der Waals surface area contributed by atoms with E-state index in [1.54, 1.807) is 11.1 Å². The van der Waals surface area contributed by atoms with Crippen molar-refractivity contribution in [2.24, 2.45) is 0 Å². The van der Waals surface area contributed by atoms with Gasteiger partial charge in [0.05, 0.1) is 0 Å². The van der Waals surface area contributed by atoms with Gasteiger partial charge < -0.3 is 10.2 Å². The maximum Gasteiger partial charge on any atom is 0.0237 e. The van der Waals surface area contributed by atoms with Crippen molar-refractivity contribution in [1.29, 1.82) is 0 Å². The number of hydrogen-bond donors (Lipinski definition) is 1. The molecule has 1 N–H and O–H groups in total. The van der Waals surface area contributed by atoms with Gasteiger partial charge in [0, 0.05) is 25.7 Å². The Balaban J connectivity index is 1.71. The number of hydrogen-bond acceptors (Lipinski definition) is 3. The summed E-state index contributed by atoms with van der Waals surface area (Å²) in [6.07, 6.45) is 3.86. The fourth-order valence-electron chi connectivity index (χ4n) is 3.66. The number of fused-ring (bicyclic) bond motifs is 1. The van der Waals surface area contributed by atoms with Crippen LogP contribution < -0.4 is 5.32 Å². The number of benzene rings is 1. The van der Waals surface area contributed by atoms with Gasteiger partial charge in [0.2, 0.25) is 0 Å². The maximum absolute atomic E-state index is 3.47. The number of likely N-dealkylation sites (N-methyl/N-ethyl adjacent to an activating group) is 2. The highest BCUT2D eigenvalue weighted by Crippen LogP contribution is 2.22. The molecular formula is C17H27N3. The van der Waals surface area contributed by atoms with E-state index >= 15 is 0 Å². The molecule has 0 aliphatic carbocycles. The van der Waals surface area contributed by atoms with Crippen LogP contribution in [-0.2, 0) is 19.5 Å². The molecular weight excluding hydrogens is 246 g/mol. The molecule has 3 nitrogen and oxygen atoms in total. The first-order chi connectivity index (χ1) is 9.74. The molecule has 0 aromatic heterocycles. The lowest BCUT2D eigenvalue weighted by molar-refractivity contribution is 0.129. The fraction of sp³-hybridized carbons (Fsp3) is 0.647. The molecule has 1 fully saturated rings. The van der Waals surface area contributed by atoms with Crippen LogP contribution in [0.1, 0.15) is 29.5 Å². The Morgan fingerprint density at radius 2 is 2.30 bits per heavy atom. The lowest BCUT2D eigenvalue weighted by Crippen LogP contribution is -2.44. The monoisotopic (exact) mass is 273 g/mol. The van der Waals surface area contributed by atoms with Crippen LogP contribution in [0, 0.1) is 0 Å². The van der Waals surface area contributed by atoms with Gasteiger partial charge in [-0.2, -0.15) is 0 Å². The van der Waals surface area contributed by atoms with Gasteiger partial charge in [-0.05, 0) is 63.1 Å². The topological polar surface area (TPSA) is 18.5 Å². The smallest absolute Gasteiger partial charge is 0.0237 e.